The predicted octanol–water partition coefficient (Wildman–Crippen LogP) is 2.15. The van der Waals surface area contributed by atoms with Gasteiger partial charge >= 0.3 is 0 Å². The zero-order chi connectivity index (χ0) is 10.2. The number of hydrogen-bond acceptors (Lipinski definition) is 1. The molecule has 1 aliphatic rings. The van der Waals surface area contributed by atoms with Gasteiger partial charge in [0, 0.05) is 13.0 Å². The van der Waals surface area contributed by atoms with Gasteiger partial charge in [-0.1, -0.05) is 18.2 Å². The summed E-state index contributed by atoms with van der Waals surface area (Å²) >= 11 is 0. The molecule has 1 aliphatic carbocycles. The molecule has 0 saturated heterocycles. The summed E-state index contributed by atoms with van der Waals surface area (Å²) in [4.78, 5) is 0. The van der Waals surface area contributed by atoms with E-state index in [4.69, 9.17) is 5.73 Å². The van der Waals surface area contributed by atoms with Crippen LogP contribution in [0.15, 0.2) is 18.2 Å². The first-order valence-corrected chi connectivity index (χ1v) is 5.11. The van der Waals surface area contributed by atoms with Gasteiger partial charge in [0.25, 0.3) is 0 Å². The van der Waals surface area contributed by atoms with Crippen molar-refractivity contribution in [2.45, 2.75) is 31.9 Å². The quantitative estimate of drug-likeness (QED) is 0.726. The van der Waals surface area contributed by atoms with E-state index in [1.54, 1.807) is 0 Å². The minimum atomic E-state index is -1.17. The standard InChI is InChI=1S/C12H16FN/c1-9-3-2-4-10-5-6-12(13,8-14)7-11(9)10/h2-4H,5-8,14H2,1H3. The second-order valence-corrected chi connectivity index (χ2v) is 4.24. The molecule has 0 spiro atoms. The third-order valence-corrected chi connectivity index (χ3v) is 3.21. The Morgan fingerprint density at radius 2 is 2.29 bits per heavy atom. The topological polar surface area (TPSA) is 26.0 Å². The van der Waals surface area contributed by atoms with Crippen LogP contribution >= 0.6 is 0 Å². The van der Waals surface area contributed by atoms with Gasteiger partial charge in [-0.05, 0) is 36.5 Å². The van der Waals surface area contributed by atoms with Crippen molar-refractivity contribution in [3.8, 4) is 0 Å². The van der Waals surface area contributed by atoms with Gasteiger partial charge < -0.3 is 5.73 Å². The summed E-state index contributed by atoms with van der Waals surface area (Å²) in [6, 6.07) is 6.18. The number of fused-ring (bicyclic) bond motifs is 1. The molecule has 2 N–H and O–H groups in total. The molecule has 0 aliphatic heterocycles. The van der Waals surface area contributed by atoms with Crippen LogP contribution in [0.3, 0.4) is 0 Å². The molecule has 0 bridgehead atoms. The summed E-state index contributed by atoms with van der Waals surface area (Å²) in [5.41, 5.74) is 7.97. The molecule has 2 rings (SSSR count). The average Bonchev–Trinajstić information content (AvgIpc) is 2.20. The van der Waals surface area contributed by atoms with Gasteiger partial charge in [-0.25, -0.2) is 4.39 Å². The third-order valence-electron chi connectivity index (χ3n) is 3.21. The van der Waals surface area contributed by atoms with Crippen molar-refractivity contribution in [2.75, 3.05) is 6.54 Å². The molecule has 0 amide bonds. The van der Waals surface area contributed by atoms with E-state index in [0.717, 1.165) is 6.42 Å². The second-order valence-electron chi connectivity index (χ2n) is 4.24. The van der Waals surface area contributed by atoms with E-state index < -0.39 is 5.67 Å². The number of hydrogen-bond donors (Lipinski definition) is 1. The summed E-state index contributed by atoms with van der Waals surface area (Å²) in [6.45, 7) is 2.18. The van der Waals surface area contributed by atoms with Crippen molar-refractivity contribution in [1.29, 1.82) is 0 Å². The largest absolute Gasteiger partial charge is 0.328 e. The van der Waals surface area contributed by atoms with Crippen molar-refractivity contribution in [3.05, 3.63) is 34.9 Å². The first-order chi connectivity index (χ1) is 6.64. The Hall–Kier alpha value is -0.890. The van der Waals surface area contributed by atoms with Gasteiger partial charge in [0.05, 0.1) is 0 Å². The molecule has 1 nitrogen and oxygen atoms in total. The summed E-state index contributed by atoms with van der Waals surface area (Å²) < 4.78 is 14.0. The maximum atomic E-state index is 14.0. The minimum Gasteiger partial charge on any atom is -0.328 e. The second kappa shape index (κ2) is 3.35. The van der Waals surface area contributed by atoms with E-state index in [1.807, 2.05) is 19.1 Å². The monoisotopic (exact) mass is 193 g/mol. The molecule has 2 heteroatoms. The molecule has 0 fully saturated rings. The van der Waals surface area contributed by atoms with Gasteiger partial charge in [0.2, 0.25) is 0 Å². The van der Waals surface area contributed by atoms with Crippen LogP contribution < -0.4 is 5.73 Å². The molecule has 1 aromatic rings. The van der Waals surface area contributed by atoms with Gasteiger partial charge in [0.15, 0.2) is 0 Å². The maximum absolute atomic E-state index is 14.0. The minimum absolute atomic E-state index is 0.140. The van der Waals surface area contributed by atoms with Crippen molar-refractivity contribution in [2.24, 2.45) is 5.73 Å². The van der Waals surface area contributed by atoms with Crippen molar-refractivity contribution in [1.82, 2.24) is 0 Å². The van der Waals surface area contributed by atoms with E-state index in [9.17, 15) is 4.39 Å². The van der Waals surface area contributed by atoms with E-state index in [0.29, 0.717) is 12.8 Å². The Balaban J connectivity index is 2.38. The van der Waals surface area contributed by atoms with Crippen molar-refractivity contribution in [3.63, 3.8) is 0 Å². The highest BCUT2D eigenvalue weighted by molar-refractivity contribution is 5.38. The van der Waals surface area contributed by atoms with Crippen LogP contribution in [0.4, 0.5) is 4.39 Å². The van der Waals surface area contributed by atoms with Gasteiger partial charge in [-0.2, -0.15) is 0 Å². The zero-order valence-electron chi connectivity index (χ0n) is 8.52. The molecule has 0 saturated carbocycles. The van der Waals surface area contributed by atoms with Crippen LogP contribution in [0, 0.1) is 6.92 Å². The molecule has 0 aromatic heterocycles. The lowest BCUT2D eigenvalue weighted by Gasteiger charge is -2.30. The Morgan fingerprint density at radius 3 is 3.00 bits per heavy atom. The molecule has 1 atom stereocenters. The van der Waals surface area contributed by atoms with Gasteiger partial charge in [-0.3, -0.25) is 0 Å². The van der Waals surface area contributed by atoms with Crippen LogP contribution in [0.2, 0.25) is 0 Å². The summed E-state index contributed by atoms with van der Waals surface area (Å²) in [6.07, 6.45) is 1.89. The van der Waals surface area contributed by atoms with Crippen molar-refractivity contribution >= 4 is 0 Å². The Bertz CT molecular complexity index is 348. The molecule has 1 unspecified atom stereocenters. The number of alkyl halides is 1. The number of rotatable bonds is 1. The van der Waals surface area contributed by atoms with E-state index >= 15 is 0 Å². The van der Waals surface area contributed by atoms with Gasteiger partial charge in [-0.15, -0.1) is 0 Å². The molecule has 0 radical (unpaired) electrons. The lowest BCUT2D eigenvalue weighted by molar-refractivity contribution is 0.151. The highest BCUT2D eigenvalue weighted by atomic mass is 19.1. The number of halogens is 1. The molecule has 76 valence electrons. The van der Waals surface area contributed by atoms with Gasteiger partial charge in [0.1, 0.15) is 5.67 Å². The number of benzene rings is 1. The van der Waals surface area contributed by atoms with Crippen LogP contribution in [0.1, 0.15) is 23.1 Å². The van der Waals surface area contributed by atoms with Crippen LogP contribution in [0.5, 0.6) is 0 Å². The maximum Gasteiger partial charge on any atom is 0.127 e. The molecule has 0 heterocycles. The summed E-state index contributed by atoms with van der Waals surface area (Å²) in [5.74, 6) is 0. The third kappa shape index (κ3) is 1.55. The Morgan fingerprint density at radius 1 is 1.50 bits per heavy atom. The normalized spacial score (nSPS) is 25.9. The molecule has 1 aromatic carbocycles. The van der Waals surface area contributed by atoms with Crippen molar-refractivity contribution < 1.29 is 4.39 Å². The van der Waals surface area contributed by atoms with E-state index in [1.165, 1.54) is 16.7 Å². The highest BCUT2D eigenvalue weighted by Crippen LogP contribution is 2.32. The fourth-order valence-corrected chi connectivity index (χ4v) is 2.19. The molecule has 14 heavy (non-hydrogen) atoms. The van der Waals surface area contributed by atoms with E-state index in [2.05, 4.69) is 6.07 Å². The fraction of sp³-hybridized carbons (Fsp3) is 0.500. The molecular formula is C12H16FN. The summed E-state index contributed by atoms with van der Waals surface area (Å²) in [7, 11) is 0. The van der Waals surface area contributed by atoms with Crippen LogP contribution in [0.25, 0.3) is 0 Å². The SMILES string of the molecule is Cc1cccc2c1CC(F)(CN)CC2. The molecular weight excluding hydrogens is 177 g/mol. The smallest absolute Gasteiger partial charge is 0.127 e. The Kier molecular flexibility index (Phi) is 2.31. The first-order valence-electron chi connectivity index (χ1n) is 5.11. The lowest BCUT2D eigenvalue weighted by Crippen LogP contribution is -2.39. The lowest BCUT2D eigenvalue weighted by atomic mass is 9.80. The fourth-order valence-electron chi connectivity index (χ4n) is 2.19. The number of aryl methyl sites for hydroxylation is 2. The number of nitrogens with two attached hydrogens (primary N) is 1. The first kappa shape index (κ1) is 9.66. The Labute approximate surface area is 84.1 Å². The highest BCUT2D eigenvalue weighted by Gasteiger charge is 2.33. The zero-order valence-corrected chi connectivity index (χ0v) is 8.52. The average molecular weight is 193 g/mol. The van der Waals surface area contributed by atoms with E-state index in [-0.39, 0.29) is 6.54 Å². The van der Waals surface area contributed by atoms with Crippen LogP contribution in [-0.4, -0.2) is 12.2 Å². The van der Waals surface area contributed by atoms with Crippen LogP contribution in [-0.2, 0) is 12.8 Å². The predicted molar refractivity (Wildman–Crippen MR) is 56.1 cm³/mol. The summed E-state index contributed by atoms with van der Waals surface area (Å²) in [5, 5.41) is 0.